The van der Waals surface area contributed by atoms with Crippen molar-refractivity contribution in [1.82, 2.24) is 9.55 Å². The minimum atomic E-state index is -0.264. The highest BCUT2D eigenvalue weighted by Crippen LogP contribution is 2.26. The van der Waals surface area contributed by atoms with Crippen LogP contribution in [0.1, 0.15) is 18.4 Å². The second kappa shape index (κ2) is 8.12. The smallest absolute Gasteiger partial charge is 0.262 e. The topological polar surface area (TPSA) is 44.1 Å². The van der Waals surface area contributed by atoms with Gasteiger partial charge in [-0.2, -0.15) is 0 Å². The lowest BCUT2D eigenvalue weighted by molar-refractivity contribution is 0.0937. The number of fused-ring (bicyclic) bond motifs is 1. The fourth-order valence-corrected chi connectivity index (χ4v) is 4.60. The van der Waals surface area contributed by atoms with Gasteiger partial charge in [-0.25, -0.2) is 9.37 Å². The monoisotopic (exact) mass is 448 g/mol. The number of nitrogens with zero attached hydrogens (tertiary/aromatic N) is 2. The molecule has 27 heavy (non-hydrogen) atoms. The molecule has 0 spiro atoms. The zero-order valence-electron chi connectivity index (χ0n) is 14.5. The van der Waals surface area contributed by atoms with E-state index in [9.17, 15) is 9.18 Å². The number of halogens is 2. The van der Waals surface area contributed by atoms with E-state index in [1.165, 1.54) is 17.8 Å². The highest BCUT2D eigenvalue weighted by Gasteiger charge is 2.20. The first kappa shape index (κ1) is 18.7. The minimum Gasteiger partial charge on any atom is -0.376 e. The molecule has 0 saturated carbocycles. The van der Waals surface area contributed by atoms with Crippen LogP contribution in [0.15, 0.2) is 56.9 Å². The molecule has 140 valence electrons. The highest BCUT2D eigenvalue weighted by molar-refractivity contribution is 9.10. The van der Waals surface area contributed by atoms with Crippen LogP contribution in [0, 0.1) is 5.82 Å². The summed E-state index contributed by atoms with van der Waals surface area (Å²) >= 11 is 4.75. The summed E-state index contributed by atoms with van der Waals surface area (Å²) < 4.78 is 22.3. The molecule has 0 radical (unpaired) electrons. The average molecular weight is 449 g/mol. The molecule has 1 unspecified atom stereocenters. The van der Waals surface area contributed by atoms with Gasteiger partial charge in [0.1, 0.15) is 5.82 Å². The second-order valence-electron chi connectivity index (χ2n) is 6.49. The number of rotatable bonds is 5. The Bertz CT molecular complexity index is 1030. The van der Waals surface area contributed by atoms with Gasteiger partial charge in [-0.1, -0.05) is 39.8 Å². The van der Waals surface area contributed by atoms with E-state index < -0.39 is 0 Å². The number of ether oxygens (including phenoxy) is 1. The average Bonchev–Trinajstić information content (AvgIpc) is 3.18. The Labute approximate surface area is 168 Å². The molecule has 0 bridgehead atoms. The third kappa shape index (κ3) is 4.10. The van der Waals surface area contributed by atoms with E-state index in [-0.39, 0.29) is 17.5 Å². The summed E-state index contributed by atoms with van der Waals surface area (Å²) in [5, 5.41) is 1.18. The van der Waals surface area contributed by atoms with Crippen LogP contribution in [0.25, 0.3) is 10.9 Å². The van der Waals surface area contributed by atoms with Crippen molar-refractivity contribution in [3.8, 4) is 0 Å². The molecular weight excluding hydrogens is 431 g/mol. The molecule has 0 N–H and O–H groups in total. The molecule has 1 aromatic heterocycles. The third-order valence-corrected chi connectivity index (χ3v) is 6.12. The quantitative estimate of drug-likeness (QED) is 0.416. The molecule has 3 aromatic rings. The lowest BCUT2D eigenvalue weighted by Gasteiger charge is -2.16. The molecule has 2 aromatic carbocycles. The molecule has 1 saturated heterocycles. The van der Waals surface area contributed by atoms with Crippen molar-refractivity contribution in [2.24, 2.45) is 0 Å². The summed E-state index contributed by atoms with van der Waals surface area (Å²) in [6, 6.07) is 12.2. The lowest BCUT2D eigenvalue weighted by atomic mass is 10.2. The van der Waals surface area contributed by atoms with Crippen molar-refractivity contribution in [1.29, 1.82) is 0 Å². The number of hydrogen-bond acceptors (Lipinski definition) is 4. The van der Waals surface area contributed by atoms with Crippen LogP contribution in [0.5, 0.6) is 0 Å². The zero-order valence-corrected chi connectivity index (χ0v) is 16.9. The number of aromatic nitrogens is 2. The van der Waals surface area contributed by atoms with Gasteiger partial charge in [-0.05, 0) is 48.7 Å². The van der Waals surface area contributed by atoms with Crippen molar-refractivity contribution in [3.05, 3.63) is 68.7 Å². The van der Waals surface area contributed by atoms with Crippen LogP contribution in [-0.4, -0.2) is 22.3 Å². The van der Waals surface area contributed by atoms with Crippen LogP contribution in [0.3, 0.4) is 0 Å². The van der Waals surface area contributed by atoms with Crippen LogP contribution in [0.4, 0.5) is 4.39 Å². The molecule has 1 aliphatic rings. The van der Waals surface area contributed by atoms with E-state index in [0.29, 0.717) is 33.9 Å². The van der Waals surface area contributed by atoms with Crippen molar-refractivity contribution in [3.63, 3.8) is 0 Å². The predicted octanol–water partition coefficient (Wildman–Crippen LogP) is 4.77. The summed E-state index contributed by atoms with van der Waals surface area (Å²) in [5.74, 6) is 0.126. The summed E-state index contributed by atoms with van der Waals surface area (Å²) in [4.78, 5) is 17.7. The molecule has 1 aliphatic heterocycles. The Morgan fingerprint density at radius 3 is 2.96 bits per heavy atom. The lowest BCUT2D eigenvalue weighted by Crippen LogP contribution is -2.28. The Hall–Kier alpha value is -1.70. The van der Waals surface area contributed by atoms with Gasteiger partial charge < -0.3 is 4.74 Å². The van der Waals surface area contributed by atoms with E-state index in [0.717, 1.165) is 23.9 Å². The Balaban J connectivity index is 1.70. The van der Waals surface area contributed by atoms with Crippen molar-refractivity contribution in [2.75, 3.05) is 6.61 Å². The number of benzene rings is 2. The Kier molecular flexibility index (Phi) is 5.61. The highest BCUT2D eigenvalue weighted by atomic mass is 79.9. The molecular formula is C20H18BrFN2O2S. The van der Waals surface area contributed by atoms with Gasteiger partial charge in [0.15, 0.2) is 5.16 Å². The maximum atomic E-state index is 14.1. The molecule has 0 amide bonds. The fraction of sp³-hybridized carbons (Fsp3) is 0.300. The molecule has 1 fully saturated rings. The van der Waals surface area contributed by atoms with Gasteiger partial charge in [0.25, 0.3) is 5.56 Å². The largest absolute Gasteiger partial charge is 0.376 e. The number of hydrogen-bond donors (Lipinski definition) is 0. The van der Waals surface area contributed by atoms with E-state index in [1.807, 2.05) is 18.2 Å². The van der Waals surface area contributed by atoms with Gasteiger partial charge >= 0.3 is 0 Å². The van der Waals surface area contributed by atoms with Gasteiger partial charge in [0, 0.05) is 16.8 Å². The van der Waals surface area contributed by atoms with Gasteiger partial charge in [-0.15, -0.1) is 0 Å². The maximum Gasteiger partial charge on any atom is 0.262 e. The van der Waals surface area contributed by atoms with Gasteiger partial charge in [-0.3, -0.25) is 9.36 Å². The van der Waals surface area contributed by atoms with Gasteiger partial charge in [0.2, 0.25) is 0 Å². The van der Waals surface area contributed by atoms with E-state index in [4.69, 9.17) is 4.74 Å². The van der Waals surface area contributed by atoms with Crippen molar-refractivity contribution >= 4 is 38.6 Å². The summed E-state index contributed by atoms with van der Waals surface area (Å²) in [6.45, 7) is 1.20. The molecule has 7 heteroatoms. The zero-order chi connectivity index (χ0) is 18.8. The number of para-hydroxylation sites is 1. The van der Waals surface area contributed by atoms with Crippen molar-refractivity contribution < 1.29 is 9.13 Å². The van der Waals surface area contributed by atoms with Gasteiger partial charge in [0.05, 0.1) is 23.6 Å². The second-order valence-corrected chi connectivity index (χ2v) is 8.34. The summed E-state index contributed by atoms with van der Waals surface area (Å²) in [5.41, 5.74) is 1.15. The standard InChI is InChI=1S/C20H18BrFN2O2S/c21-14-7-8-17(22)13(10-14)12-27-20-23-18-6-2-1-5-16(18)19(25)24(20)11-15-4-3-9-26-15/h1-2,5-8,10,15H,3-4,9,11-12H2. The first-order chi connectivity index (χ1) is 13.1. The minimum absolute atomic E-state index is 0.0209. The van der Waals surface area contributed by atoms with E-state index in [1.54, 1.807) is 22.8 Å². The Morgan fingerprint density at radius 1 is 1.30 bits per heavy atom. The number of thioether (sulfide) groups is 1. The maximum absolute atomic E-state index is 14.1. The third-order valence-electron chi connectivity index (χ3n) is 4.60. The van der Waals surface area contributed by atoms with Crippen LogP contribution in [0.2, 0.25) is 0 Å². The fourth-order valence-electron chi connectivity index (χ4n) is 3.21. The molecule has 4 nitrogen and oxygen atoms in total. The Morgan fingerprint density at radius 2 is 2.15 bits per heavy atom. The molecule has 0 aliphatic carbocycles. The predicted molar refractivity (Wildman–Crippen MR) is 109 cm³/mol. The van der Waals surface area contributed by atoms with Crippen molar-refractivity contribution in [2.45, 2.75) is 36.4 Å². The SMILES string of the molecule is O=c1c2ccccc2nc(SCc2cc(Br)ccc2F)n1CC1CCCO1. The van der Waals surface area contributed by atoms with Crippen LogP contribution >= 0.6 is 27.7 Å². The van der Waals surface area contributed by atoms with Crippen LogP contribution < -0.4 is 5.56 Å². The summed E-state index contributed by atoms with van der Waals surface area (Å²) in [6.07, 6.45) is 1.96. The molecule has 2 heterocycles. The molecule has 1 atom stereocenters. The van der Waals surface area contributed by atoms with Crippen LogP contribution in [-0.2, 0) is 17.0 Å². The first-order valence-electron chi connectivity index (χ1n) is 8.80. The van der Waals surface area contributed by atoms with E-state index >= 15 is 0 Å². The van der Waals surface area contributed by atoms with E-state index in [2.05, 4.69) is 20.9 Å². The normalized spacial score (nSPS) is 16.9. The first-order valence-corrected chi connectivity index (χ1v) is 10.6. The summed E-state index contributed by atoms with van der Waals surface area (Å²) in [7, 11) is 0. The molecule has 4 rings (SSSR count).